The van der Waals surface area contributed by atoms with Crippen LogP contribution in [0.15, 0.2) is 36.4 Å². The van der Waals surface area contributed by atoms with E-state index in [9.17, 15) is 4.79 Å². The number of para-hydroxylation sites is 1. The number of anilines is 2. The fraction of sp³-hybridized carbons (Fsp3) is 0.267. The van der Waals surface area contributed by atoms with E-state index in [4.69, 9.17) is 11.6 Å². The van der Waals surface area contributed by atoms with Gasteiger partial charge in [0.05, 0.1) is 10.7 Å². The molecule has 8 nitrogen and oxygen atoms in total. The summed E-state index contributed by atoms with van der Waals surface area (Å²) < 4.78 is 1.34. The molecular weight excluding hydrogens is 330 g/mol. The molecule has 0 bridgehead atoms. The number of carbonyl (C=O) groups excluding carboxylic acids is 1. The molecule has 0 spiro atoms. The highest BCUT2D eigenvalue weighted by Crippen LogP contribution is 2.31. The smallest absolute Gasteiger partial charge is 0.249 e. The zero-order valence-electron chi connectivity index (χ0n) is 12.9. The third-order valence-electron chi connectivity index (χ3n) is 4.20. The van der Waals surface area contributed by atoms with Crippen molar-refractivity contribution in [2.75, 3.05) is 23.4 Å². The Labute approximate surface area is 142 Å². The molecule has 3 heterocycles. The number of tetrazole rings is 1. The molecule has 1 aromatic carbocycles. The Balaban J connectivity index is 1.60. The number of likely N-dealkylation sites (N-methyl/N-ethyl adjacent to an activating group) is 1. The highest BCUT2D eigenvalue weighted by atomic mass is 35.5. The van der Waals surface area contributed by atoms with Crippen molar-refractivity contribution in [1.29, 1.82) is 0 Å². The number of nitrogens with zero attached hydrogens (tertiary/aromatic N) is 7. The van der Waals surface area contributed by atoms with Crippen LogP contribution < -0.4 is 9.80 Å². The van der Waals surface area contributed by atoms with E-state index in [1.54, 1.807) is 23.1 Å². The van der Waals surface area contributed by atoms with Gasteiger partial charge in [-0.25, -0.2) is 0 Å². The Morgan fingerprint density at radius 1 is 1.25 bits per heavy atom. The van der Waals surface area contributed by atoms with E-state index in [2.05, 4.69) is 20.6 Å². The number of hydrogen-bond donors (Lipinski definition) is 0. The fourth-order valence-corrected chi connectivity index (χ4v) is 3.16. The second-order valence-electron chi connectivity index (χ2n) is 5.57. The van der Waals surface area contributed by atoms with E-state index in [1.165, 1.54) is 4.63 Å². The summed E-state index contributed by atoms with van der Waals surface area (Å²) in [6, 6.07) is 10.6. The molecule has 9 heteroatoms. The van der Waals surface area contributed by atoms with Crippen LogP contribution in [0.2, 0.25) is 5.02 Å². The van der Waals surface area contributed by atoms with Crippen LogP contribution in [0.4, 0.5) is 11.5 Å². The van der Waals surface area contributed by atoms with E-state index in [0.717, 1.165) is 5.69 Å². The van der Waals surface area contributed by atoms with Gasteiger partial charge in [-0.2, -0.15) is 0 Å². The predicted octanol–water partition coefficient (Wildman–Crippen LogP) is 1.41. The number of halogens is 1. The van der Waals surface area contributed by atoms with E-state index in [-0.39, 0.29) is 11.9 Å². The van der Waals surface area contributed by atoms with Gasteiger partial charge < -0.3 is 9.80 Å². The number of hydrogen-bond acceptors (Lipinski definition) is 6. The molecule has 1 atom stereocenters. The standard InChI is InChI=1S/C15H14ClN7O/c1-21(14-7-6-13-17-19-20-23(13)18-14)12-8-9-22(15(12)24)11-5-3-2-4-10(11)16/h2-7,12H,8-9H2,1H3. The van der Waals surface area contributed by atoms with E-state index in [1.807, 2.05) is 30.1 Å². The summed E-state index contributed by atoms with van der Waals surface area (Å²) in [5.41, 5.74) is 1.30. The van der Waals surface area contributed by atoms with Crippen LogP contribution in [-0.2, 0) is 4.79 Å². The maximum atomic E-state index is 12.8. The highest BCUT2D eigenvalue weighted by molar-refractivity contribution is 6.34. The number of rotatable bonds is 3. The van der Waals surface area contributed by atoms with Crippen LogP contribution >= 0.6 is 11.6 Å². The molecule has 2 aromatic heterocycles. The van der Waals surface area contributed by atoms with Gasteiger partial charge in [-0.1, -0.05) is 23.7 Å². The summed E-state index contributed by atoms with van der Waals surface area (Å²) in [7, 11) is 1.84. The monoisotopic (exact) mass is 343 g/mol. The molecule has 122 valence electrons. The number of carbonyl (C=O) groups is 1. The fourth-order valence-electron chi connectivity index (χ4n) is 2.92. The predicted molar refractivity (Wildman–Crippen MR) is 89.2 cm³/mol. The Hall–Kier alpha value is -2.74. The van der Waals surface area contributed by atoms with Crippen molar-refractivity contribution in [3.63, 3.8) is 0 Å². The largest absolute Gasteiger partial charge is 0.346 e. The van der Waals surface area contributed by atoms with Crippen LogP contribution in [0.1, 0.15) is 6.42 Å². The highest BCUT2D eigenvalue weighted by Gasteiger charge is 2.36. The summed E-state index contributed by atoms with van der Waals surface area (Å²) in [4.78, 5) is 16.4. The molecule has 24 heavy (non-hydrogen) atoms. The van der Waals surface area contributed by atoms with Crippen molar-refractivity contribution in [3.8, 4) is 0 Å². The molecule has 0 radical (unpaired) electrons. The van der Waals surface area contributed by atoms with Crippen LogP contribution in [0.3, 0.4) is 0 Å². The Morgan fingerprint density at radius 3 is 2.92 bits per heavy atom. The second kappa shape index (κ2) is 5.72. The number of benzene rings is 1. The van der Waals surface area contributed by atoms with E-state index < -0.39 is 0 Å². The third kappa shape index (κ3) is 2.35. The average molecular weight is 344 g/mol. The minimum atomic E-state index is -0.303. The first-order valence-corrected chi connectivity index (χ1v) is 7.87. The molecule has 0 aliphatic carbocycles. The first kappa shape index (κ1) is 14.8. The van der Waals surface area contributed by atoms with Crippen LogP contribution in [0.25, 0.3) is 5.65 Å². The molecule has 4 rings (SSSR count). The lowest BCUT2D eigenvalue weighted by Gasteiger charge is -2.24. The first-order valence-electron chi connectivity index (χ1n) is 7.49. The second-order valence-corrected chi connectivity index (χ2v) is 5.98. The van der Waals surface area contributed by atoms with Gasteiger partial charge in [0.15, 0.2) is 11.5 Å². The lowest BCUT2D eigenvalue weighted by atomic mass is 10.2. The molecule has 1 saturated heterocycles. The molecule has 0 saturated carbocycles. The van der Waals surface area contributed by atoms with Crippen LogP contribution in [0, 0.1) is 0 Å². The van der Waals surface area contributed by atoms with Gasteiger partial charge in [-0.15, -0.1) is 14.8 Å². The lowest BCUT2D eigenvalue weighted by Crippen LogP contribution is -2.40. The van der Waals surface area contributed by atoms with Gasteiger partial charge in [0.1, 0.15) is 6.04 Å². The summed E-state index contributed by atoms with van der Waals surface area (Å²) in [6.07, 6.45) is 0.690. The number of aromatic nitrogens is 5. The molecule has 1 unspecified atom stereocenters. The van der Waals surface area contributed by atoms with Crippen molar-refractivity contribution >= 4 is 34.7 Å². The lowest BCUT2D eigenvalue weighted by molar-refractivity contribution is -0.118. The molecule has 1 aliphatic heterocycles. The average Bonchev–Trinajstić information content (AvgIpc) is 3.20. The van der Waals surface area contributed by atoms with Gasteiger partial charge in [-0.3, -0.25) is 4.79 Å². The van der Waals surface area contributed by atoms with Gasteiger partial charge in [0, 0.05) is 13.6 Å². The minimum Gasteiger partial charge on any atom is -0.346 e. The minimum absolute atomic E-state index is 0.00390. The number of fused-ring (bicyclic) bond motifs is 1. The molecule has 1 fully saturated rings. The molecule has 3 aromatic rings. The maximum absolute atomic E-state index is 12.8. The topological polar surface area (TPSA) is 79.5 Å². The molecule has 1 aliphatic rings. The normalized spacial score (nSPS) is 17.7. The van der Waals surface area contributed by atoms with Gasteiger partial charge in [0.25, 0.3) is 0 Å². The van der Waals surface area contributed by atoms with Crippen LogP contribution in [-0.4, -0.2) is 50.8 Å². The van der Waals surface area contributed by atoms with Gasteiger partial charge >= 0.3 is 0 Å². The van der Waals surface area contributed by atoms with Crippen molar-refractivity contribution in [3.05, 3.63) is 41.4 Å². The SMILES string of the molecule is CN(c1ccc2nnnn2n1)C1CCN(c2ccccc2Cl)C1=O. The van der Waals surface area contributed by atoms with E-state index in [0.29, 0.717) is 29.5 Å². The Kier molecular flexibility index (Phi) is 3.53. The summed E-state index contributed by atoms with van der Waals surface area (Å²) >= 11 is 6.22. The number of amides is 1. The summed E-state index contributed by atoms with van der Waals surface area (Å²) in [5, 5.41) is 16.1. The Morgan fingerprint density at radius 2 is 2.08 bits per heavy atom. The molecule has 0 N–H and O–H groups in total. The van der Waals surface area contributed by atoms with Crippen molar-refractivity contribution in [2.45, 2.75) is 12.5 Å². The third-order valence-corrected chi connectivity index (χ3v) is 4.52. The van der Waals surface area contributed by atoms with Crippen molar-refractivity contribution in [2.24, 2.45) is 0 Å². The van der Waals surface area contributed by atoms with Crippen molar-refractivity contribution in [1.82, 2.24) is 25.3 Å². The molecular formula is C15H14ClN7O. The quantitative estimate of drug-likeness (QED) is 0.715. The summed E-state index contributed by atoms with van der Waals surface area (Å²) in [6.45, 7) is 0.616. The van der Waals surface area contributed by atoms with Gasteiger partial charge in [0.2, 0.25) is 5.91 Å². The summed E-state index contributed by atoms with van der Waals surface area (Å²) in [5.74, 6) is 0.637. The zero-order chi connectivity index (χ0) is 16.7. The van der Waals surface area contributed by atoms with Crippen molar-refractivity contribution < 1.29 is 4.79 Å². The van der Waals surface area contributed by atoms with Crippen LogP contribution in [0.5, 0.6) is 0 Å². The molecule has 1 amide bonds. The maximum Gasteiger partial charge on any atom is 0.249 e. The first-order chi connectivity index (χ1) is 11.6. The van der Waals surface area contributed by atoms with Gasteiger partial charge in [-0.05, 0) is 41.1 Å². The van der Waals surface area contributed by atoms with E-state index >= 15 is 0 Å². The zero-order valence-corrected chi connectivity index (χ0v) is 13.6. The Bertz CT molecular complexity index is 911.